The highest BCUT2D eigenvalue weighted by Gasteiger charge is 1.90. The molecule has 0 saturated heterocycles. The fraction of sp³-hybridized carbons (Fsp3) is 0.667. The predicted molar refractivity (Wildman–Crippen MR) is 45.5 cm³/mol. The van der Waals surface area contributed by atoms with E-state index >= 15 is 0 Å². The van der Waals surface area contributed by atoms with Gasteiger partial charge in [-0.05, 0) is 12.8 Å². The van der Waals surface area contributed by atoms with Crippen LogP contribution in [0, 0.1) is 0 Å². The Labute approximate surface area is 67.9 Å². The Balaban J connectivity index is 3.10. The fourth-order valence-electron chi connectivity index (χ4n) is 0.764. The molecule has 0 aromatic carbocycles. The normalized spacial score (nSPS) is 10.6. The summed E-state index contributed by atoms with van der Waals surface area (Å²) >= 11 is 0. The minimum absolute atomic E-state index is 0.253. The summed E-state index contributed by atoms with van der Waals surface area (Å²) in [7, 11) is 0. The van der Waals surface area contributed by atoms with Crippen molar-refractivity contribution in [1.29, 1.82) is 0 Å². The average Bonchev–Trinajstić information content (AvgIpc) is 1.96. The van der Waals surface area contributed by atoms with Gasteiger partial charge in [0.1, 0.15) is 0 Å². The summed E-state index contributed by atoms with van der Waals surface area (Å²) in [6.45, 7) is 2.14. The van der Waals surface area contributed by atoms with Crippen molar-refractivity contribution in [2.75, 3.05) is 0 Å². The van der Waals surface area contributed by atoms with E-state index in [0.717, 1.165) is 6.42 Å². The largest absolute Gasteiger partial charge is 0.481 e. The third kappa shape index (κ3) is 9.21. The van der Waals surface area contributed by atoms with Crippen molar-refractivity contribution in [3.8, 4) is 0 Å². The molecule has 2 nitrogen and oxygen atoms in total. The maximum atomic E-state index is 10.1. The van der Waals surface area contributed by atoms with Crippen LogP contribution in [0.25, 0.3) is 0 Å². The zero-order chi connectivity index (χ0) is 8.53. The molecule has 0 aromatic rings. The van der Waals surface area contributed by atoms with Gasteiger partial charge in [0.25, 0.3) is 0 Å². The molecule has 0 atom stereocenters. The van der Waals surface area contributed by atoms with E-state index in [1.807, 2.05) is 6.08 Å². The molecule has 0 amide bonds. The minimum atomic E-state index is -0.717. The van der Waals surface area contributed by atoms with Gasteiger partial charge in [-0.2, -0.15) is 0 Å². The number of carboxylic acids is 1. The topological polar surface area (TPSA) is 37.3 Å². The molecule has 0 aliphatic carbocycles. The lowest BCUT2D eigenvalue weighted by Crippen LogP contribution is -1.91. The standard InChI is InChI=1S/C9H16O2/c1-2-3-4-5-6-7-8-9(10)11/h5-6H,2-4,7-8H2,1H3,(H,10,11)/b6-5+. The summed E-state index contributed by atoms with van der Waals surface area (Å²) in [4.78, 5) is 10.1. The summed E-state index contributed by atoms with van der Waals surface area (Å²) in [6, 6.07) is 0. The molecule has 0 fully saturated rings. The van der Waals surface area contributed by atoms with Gasteiger partial charge in [0.05, 0.1) is 0 Å². The molecule has 2 heteroatoms. The summed E-state index contributed by atoms with van der Waals surface area (Å²) in [5.74, 6) is -0.717. The highest BCUT2D eigenvalue weighted by molar-refractivity contribution is 5.66. The Morgan fingerprint density at radius 2 is 2.00 bits per heavy atom. The molecular formula is C9H16O2. The number of hydrogen-bond donors (Lipinski definition) is 1. The smallest absolute Gasteiger partial charge is 0.303 e. The molecule has 64 valence electrons. The maximum Gasteiger partial charge on any atom is 0.303 e. The number of aliphatic carboxylic acids is 1. The van der Waals surface area contributed by atoms with Crippen LogP contribution in [0.1, 0.15) is 39.0 Å². The van der Waals surface area contributed by atoms with E-state index in [2.05, 4.69) is 13.0 Å². The van der Waals surface area contributed by atoms with E-state index < -0.39 is 5.97 Å². The van der Waals surface area contributed by atoms with E-state index in [0.29, 0.717) is 6.42 Å². The Morgan fingerprint density at radius 1 is 1.36 bits per heavy atom. The van der Waals surface area contributed by atoms with Crippen molar-refractivity contribution in [3.05, 3.63) is 12.2 Å². The number of rotatable bonds is 6. The second kappa shape index (κ2) is 7.32. The fourth-order valence-corrected chi connectivity index (χ4v) is 0.764. The van der Waals surface area contributed by atoms with Gasteiger partial charge in [-0.15, -0.1) is 0 Å². The molecule has 1 N–H and O–H groups in total. The van der Waals surface area contributed by atoms with E-state index in [4.69, 9.17) is 5.11 Å². The molecular weight excluding hydrogens is 140 g/mol. The van der Waals surface area contributed by atoms with Crippen LogP contribution in [0.4, 0.5) is 0 Å². The van der Waals surface area contributed by atoms with Gasteiger partial charge in [0.2, 0.25) is 0 Å². The van der Waals surface area contributed by atoms with E-state index in [9.17, 15) is 4.79 Å². The molecule has 0 aromatic heterocycles. The zero-order valence-electron chi connectivity index (χ0n) is 7.05. The molecule has 0 radical (unpaired) electrons. The second-order valence-electron chi connectivity index (χ2n) is 2.55. The van der Waals surface area contributed by atoms with Crippen molar-refractivity contribution in [2.45, 2.75) is 39.0 Å². The van der Waals surface area contributed by atoms with Crippen molar-refractivity contribution < 1.29 is 9.90 Å². The molecule has 0 aliphatic heterocycles. The molecule has 0 rings (SSSR count). The van der Waals surface area contributed by atoms with Gasteiger partial charge in [0, 0.05) is 6.42 Å². The minimum Gasteiger partial charge on any atom is -0.481 e. The molecule has 0 aliphatic rings. The summed E-state index contributed by atoms with van der Waals surface area (Å²) in [6.07, 6.45) is 8.40. The summed E-state index contributed by atoms with van der Waals surface area (Å²) in [5, 5.41) is 8.28. The van der Waals surface area contributed by atoms with Gasteiger partial charge in [0.15, 0.2) is 0 Å². The number of hydrogen-bond acceptors (Lipinski definition) is 1. The van der Waals surface area contributed by atoms with E-state index in [-0.39, 0.29) is 6.42 Å². The van der Waals surface area contributed by atoms with Gasteiger partial charge in [-0.1, -0.05) is 31.9 Å². The first kappa shape index (κ1) is 10.2. The van der Waals surface area contributed by atoms with Crippen LogP contribution in [0.2, 0.25) is 0 Å². The Kier molecular flexibility index (Phi) is 6.79. The Hall–Kier alpha value is -0.790. The highest BCUT2D eigenvalue weighted by Crippen LogP contribution is 1.97. The Bertz CT molecular complexity index is 128. The zero-order valence-corrected chi connectivity index (χ0v) is 7.05. The first-order chi connectivity index (χ1) is 5.27. The van der Waals surface area contributed by atoms with Crippen LogP contribution in [0.5, 0.6) is 0 Å². The van der Waals surface area contributed by atoms with Crippen molar-refractivity contribution in [3.63, 3.8) is 0 Å². The lowest BCUT2D eigenvalue weighted by molar-refractivity contribution is -0.136. The molecule has 11 heavy (non-hydrogen) atoms. The van der Waals surface area contributed by atoms with E-state index in [1.54, 1.807) is 0 Å². The van der Waals surface area contributed by atoms with Crippen LogP contribution in [0.3, 0.4) is 0 Å². The number of carbonyl (C=O) groups is 1. The molecule has 0 heterocycles. The number of carboxylic acid groups (broad SMARTS) is 1. The van der Waals surface area contributed by atoms with Crippen molar-refractivity contribution in [2.24, 2.45) is 0 Å². The maximum absolute atomic E-state index is 10.1. The van der Waals surface area contributed by atoms with Crippen molar-refractivity contribution in [1.82, 2.24) is 0 Å². The van der Waals surface area contributed by atoms with Crippen LogP contribution in [-0.4, -0.2) is 11.1 Å². The predicted octanol–water partition coefficient (Wildman–Crippen LogP) is 2.60. The van der Waals surface area contributed by atoms with Crippen molar-refractivity contribution >= 4 is 5.97 Å². The van der Waals surface area contributed by atoms with Crippen LogP contribution >= 0.6 is 0 Å². The van der Waals surface area contributed by atoms with Crippen LogP contribution in [-0.2, 0) is 4.79 Å². The molecule has 0 saturated carbocycles. The first-order valence-corrected chi connectivity index (χ1v) is 4.14. The molecule has 0 spiro atoms. The van der Waals surface area contributed by atoms with E-state index in [1.165, 1.54) is 12.8 Å². The lowest BCUT2D eigenvalue weighted by Gasteiger charge is -1.88. The van der Waals surface area contributed by atoms with Crippen LogP contribution in [0.15, 0.2) is 12.2 Å². The van der Waals surface area contributed by atoms with Gasteiger partial charge in [-0.25, -0.2) is 0 Å². The number of allylic oxidation sites excluding steroid dienone is 2. The Morgan fingerprint density at radius 3 is 2.55 bits per heavy atom. The average molecular weight is 156 g/mol. The summed E-state index contributed by atoms with van der Waals surface area (Å²) < 4.78 is 0. The quantitative estimate of drug-likeness (QED) is 0.474. The molecule has 0 bridgehead atoms. The third-order valence-corrected chi connectivity index (χ3v) is 1.42. The third-order valence-electron chi connectivity index (χ3n) is 1.42. The first-order valence-electron chi connectivity index (χ1n) is 4.14. The van der Waals surface area contributed by atoms with Gasteiger partial charge in [-0.3, -0.25) is 4.79 Å². The monoisotopic (exact) mass is 156 g/mol. The van der Waals surface area contributed by atoms with Gasteiger partial charge < -0.3 is 5.11 Å². The van der Waals surface area contributed by atoms with Gasteiger partial charge >= 0.3 is 5.97 Å². The highest BCUT2D eigenvalue weighted by atomic mass is 16.4. The summed E-state index contributed by atoms with van der Waals surface area (Å²) in [5.41, 5.74) is 0. The second-order valence-corrected chi connectivity index (χ2v) is 2.55. The van der Waals surface area contributed by atoms with Crippen LogP contribution < -0.4 is 0 Å². The number of unbranched alkanes of at least 4 members (excludes halogenated alkanes) is 2. The molecule has 0 unspecified atom stereocenters. The lowest BCUT2D eigenvalue weighted by atomic mass is 10.2. The SMILES string of the molecule is CCCC/C=C/CCC(=O)O.